The van der Waals surface area contributed by atoms with Crippen molar-refractivity contribution in [2.45, 2.75) is 25.8 Å². The van der Waals surface area contributed by atoms with Gasteiger partial charge in [-0.3, -0.25) is 4.67 Å². The van der Waals surface area contributed by atoms with Crippen LogP contribution < -0.4 is 0 Å². The minimum atomic E-state index is -2.71. The standard InChI is InChI=1S/C5H12F2NP/c1-4(8(3)9)5(2,6)7/h4H,9H2,1-3H3/i9T. The van der Waals surface area contributed by atoms with Crippen LogP contribution in [0.3, 0.4) is 0 Å². The fourth-order valence-corrected chi connectivity index (χ4v) is 0.567. The third kappa shape index (κ3) is 3.07. The van der Waals surface area contributed by atoms with Crippen LogP contribution in [0.2, 0.25) is 0 Å². The molecule has 0 aliphatic heterocycles. The highest BCUT2D eigenvalue weighted by Gasteiger charge is 2.31. The first-order valence-corrected chi connectivity index (χ1v) is 3.12. The van der Waals surface area contributed by atoms with Gasteiger partial charge in [0.2, 0.25) is 0 Å². The molecule has 0 N–H and O–H groups in total. The Morgan fingerprint density at radius 3 is 2.33 bits per heavy atom. The van der Waals surface area contributed by atoms with Crippen LogP contribution in [0.4, 0.5) is 8.78 Å². The van der Waals surface area contributed by atoms with Crippen LogP contribution >= 0.6 is 9.34 Å². The summed E-state index contributed by atoms with van der Waals surface area (Å²) in [5, 5.41) is 0. The van der Waals surface area contributed by atoms with Crippen molar-refractivity contribution in [3.05, 3.63) is 0 Å². The van der Waals surface area contributed by atoms with Crippen LogP contribution in [0.5, 0.6) is 0 Å². The van der Waals surface area contributed by atoms with Crippen molar-refractivity contribution in [1.82, 2.24) is 4.67 Å². The van der Waals surface area contributed by atoms with E-state index in [0.29, 0.717) is 0 Å². The summed E-state index contributed by atoms with van der Waals surface area (Å²) in [6.45, 7) is 2.29. The highest BCUT2D eigenvalue weighted by atomic mass is 31.0. The molecule has 56 valence electrons. The molecule has 0 aromatic rings. The smallest absolute Gasteiger partial charge is 0.260 e. The fraction of sp³-hybridized carbons (Fsp3) is 1.00. The average molecular weight is 157 g/mol. The van der Waals surface area contributed by atoms with Crippen LogP contribution in [0, 0.1) is 0 Å². The number of hydrogen-bond donors (Lipinski definition) is 0. The molecular formula is C5H12F2NP. The van der Waals surface area contributed by atoms with Crippen molar-refractivity contribution in [3.8, 4) is 0 Å². The molecule has 0 spiro atoms. The molecule has 0 bridgehead atoms. The van der Waals surface area contributed by atoms with Crippen LogP contribution in [0.25, 0.3) is 0 Å². The van der Waals surface area contributed by atoms with Crippen molar-refractivity contribution in [2.24, 2.45) is 0 Å². The molecule has 0 aromatic heterocycles. The minimum absolute atomic E-state index is 0.311. The van der Waals surface area contributed by atoms with Crippen molar-refractivity contribution in [2.75, 3.05) is 7.05 Å². The molecule has 0 heterocycles. The molecule has 0 radical (unpaired) electrons. The maximum Gasteiger partial charge on any atom is 0.260 e. The van der Waals surface area contributed by atoms with Gasteiger partial charge in [-0.2, -0.15) is 0 Å². The van der Waals surface area contributed by atoms with Crippen LogP contribution in [-0.4, -0.2) is 25.0 Å². The van der Waals surface area contributed by atoms with E-state index in [4.69, 9.17) is 1.28 Å². The zero-order valence-corrected chi connectivity index (χ0v) is 6.78. The molecule has 4 heteroatoms. The normalized spacial score (nSPS) is 19.1. The van der Waals surface area contributed by atoms with Crippen molar-refractivity contribution < 1.29 is 8.78 Å². The van der Waals surface area contributed by atoms with Crippen molar-refractivity contribution in [3.63, 3.8) is 0 Å². The predicted molar refractivity (Wildman–Crippen MR) is 37.6 cm³/mol. The third-order valence-corrected chi connectivity index (χ3v) is 1.70. The minimum Gasteiger partial charge on any atom is -0.282 e. The third-order valence-electron chi connectivity index (χ3n) is 1.31. The van der Waals surface area contributed by atoms with E-state index in [0.717, 1.165) is 6.92 Å². The van der Waals surface area contributed by atoms with Crippen molar-refractivity contribution >= 4 is 9.34 Å². The molecule has 0 aromatic carbocycles. The summed E-state index contributed by atoms with van der Waals surface area (Å²) >= 11 is 0. The second-order valence-corrected chi connectivity index (χ2v) is 2.95. The molecule has 0 rings (SSSR count). The Labute approximate surface area is 58.0 Å². The van der Waals surface area contributed by atoms with Gasteiger partial charge in [0.25, 0.3) is 5.92 Å². The summed E-state index contributed by atoms with van der Waals surface area (Å²) < 4.78 is 33.0. The lowest BCUT2D eigenvalue weighted by molar-refractivity contribution is -0.0295. The number of hydrogen-bond acceptors (Lipinski definition) is 1. The number of alkyl halides is 2. The van der Waals surface area contributed by atoms with Gasteiger partial charge in [0.1, 0.15) is 0 Å². The molecule has 0 amide bonds. The monoisotopic (exact) mass is 157 g/mol. The molecule has 9 heavy (non-hydrogen) atoms. The first-order valence-electron chi connectivity index (χ1n) is 3.17. The summed E-state index contributed by atoms with van der Waals surface area (Å²) in [6, 6.07) is -0.844. The summed E-state index contributed by atoms with van der Waals surface area (Å²) in [4.78, 5) is 0. The molecule has 0 aliphatic rings. The van der Waals surface area contributed by atoms with E-state index in [1.165, 1.54) is 18.6 Å². The Morgan fingerprint density at radius 1 is 1.78 bits per heavy atom. The number of nitrogens with zero attached hydrogens (tertiary/aromatic N) is 1. The lowest BCUT2D eigenvalue weighted by Gasteiger charge is -2.25. The molecule has 0 saturated heterocycles. The summed E-state index contributed by atoms with van der Waals surface area (Å²) in [7, 11) is 1.21. The van der Waals surface area contributed by atoms with E-state index in [1.807, 2.05) is 0 Å². The van der Waals surface area contributed by atoms with Crippen LogP contribution in [-0.2, 0) is 0 Å². The highest BCUT2D eigenvalue weighted by Crippen LogP contribution is 2.22. The number of halogens is 2. The van der Waals surface area contributed by atoms with E-state index in [9.17, 15) is 8.78 Å². The summed E-state index contributed by atoms with van der Waals surface area (Å²) in [5.41, 5.74) is 0. The molecule has 0 fully saturated rings. The molecule has 2 unspecified atom stereocenters. The van der Waals surface area contributed by atoms with Gasteiger partial charge in [-0.25, -0.2) is 8.78 Å². The first kappa shape index (κ1) is 7.36. The lowest BCUT2D eigenvalue weighted by atomic mass is 10.2. The Hall–Kier alpha value is 0.250. The molecule has 1 nitrogen and oxygen atoms in total. The second-order valence-electron chi connectivity index (χ2n) is 2.24. The lowest BCUT2D eigenvalue weighted by Crippen LogP contribution is -2.36. The Bertz CT molecular complexity index is 106. The molecule has 0 aliphatic carbocycles. The van der Waals surface area contributed by atoms with Gasteiger partial charge in [-0.1, -0.05) is 9.34 Å². The Morgan fingerprint density at radius 2 is 2.22 bits per heavy atom. The SMILES string of the molecule is [3H]PN(C)C(C)C(C)(F)F. The first-order chi connectivity index (χ1) is 4.39. The van der Waals surface area contributed by atoms with Crippen LogP contribution in [0.15, 0.2) is 0 Å². The van der Waals surface area contributed by atoms with E-state index in [1.54, 1.807) is 0 Å². The zero-order chi connectivity index (χ0) is 8.36. The maximum atomic E-state index is 12.4. The molecule has 2 atom stereocenters. The van der Waals surface area contributed by atoms with Gasteiger partial charge in [-0.05, 0) is 14.0 Å². The van der Waals surface area contributed by atoms with Gasteiger partial charge in [0.15, 0.2) is 0 Å². The molecular weight excluding hydrogens is 143 g/mol. The van der Waals surface area contributed by atoms with E-state index >= 15 is 0 Å². The van der Waals surface area contributed by atoms with Gasteiger partial charge in [0.05, 0.1) is 7.32 Å². The average Bonchev–Trinajstić information content (AvgIpc) is 1.83. The van der Waals surface area contributed by atoms with E-state index in [-0.39, 0.29) is 9.34 Å². The Balaban J connectivity index is 3.94. The van der Waals surface area contributed by atoms with Gasteiger partial charge in [-0.15, -0.1) is 0 Å². The predicted octanol–water partition coefficient (Wildman–Crippen LogP) is 1.75. The zero-order valence-electron chi connectivity index (χ0n) is 6.78. The largest absolute Gasteiger partial charge is 0.282 e. The van der Waals surface area contributed by atoms with Gasteiger partial charge in [0, 0.05) is 6.92 Å². The molecule has 0 saturated carbocycles. The van der Waals surface area contributed by atoms with Crippen molar-refractivity contribution in [1.29, 1.82) is 1.28 Å². The second kappa shape index (κ2) is 2.89. The highest BCUT2D eigenvalue weighted by molar-refractivity contribution is 7.13. The topological polar surface area (TPSA) is 3.24 Å². The summed E-state index contributed by atoms with van der Waals surface area (Å²) in [6.07, 6.45) is 0. The quantitative estimate of drug-likeness (QED) is 0.564. The fourth-order valence-electron chi connectivity index (χ4n) is 0.340. The Kier molecular flexibility index (Phi) is 2.36. The van der Waals surface area contributed by atoms with Gasteiger partial charge >= 0.3 is 0 Å². The van der Waals surface area contributed by atoms with Crippen LogP contribution in [0.1, 0.15) is 13.8 Å². The summed E-state index contributed by atoms with van der Waals surface area (Å²) in [5.74, 6) is -2.71. The van der Waals surface area contributed by atoms with E-state index in [2.05, 4.69) is 0 Å². The maximum absolute atomic E-state index is 12.4. The van der Waals surface area contributed by atoms with E-state index < -0.39 is 12.0 Å². The number of rotatable bonds is 3. The van der Waals surface area contributed by atoms with Gasteiger partial charge < -0.3 is 0 Å².